The standard InChI is InChI=1S/C12H11N7O/c1-7-6-10(15-14-7)13-12(20)9-4-2-8(3-5-9)11-16-18-19-17-11/h2-6H,1H3,(H2,13,14,15,20)(H,16,17,18,19). The molecule has 2 aromatic heterocycles. The first-order valence-electron chi connectivity index (χ1n) is 5.89. The van der Waals surface area contributed by atoms with Crippen LogP contribution in [-0.4, -0.2) is 36.7 Å². The van der Waals surface area contributed by atoms with Gasteiger partial charge in [-0.05, 0) is 24.3 Å². The van der Waals surface area contributed by atoms with Crippen LogP contribution in [0, 0.1) is 6.92 Å². The van der Waals surface area contributed by atoms with Gasteiger partial charge in [0.2, 0.25) is 5.82 Å². The van der Waals surface area contributed by atoms with Crippen LogP contribution in [-0.2, 0) is 0 Å². The summed E-state index contributed by atoms with van der Waals surface area (Å²) in [7, 11) is 0. The fraction of sp³-hybridized carbons (Fsp3) is 0.0833. The molecule has 1 amide bonds. The van der Waals surface area contributed by atoms with Gasteiger partial charge in [-0.3, -0.25) is 9.89 Å². The van der Waals surface area contributed by atoms with Crippen LogP contribution in [0.1, 0.15) is 16.1 Å². The van der Waals surface area contributed by atoms with E-state index in [9.17, 15) is 4.79 Å². The van der Waals surface area contributed by atoms with Crippen molar-refractivity contribution in [3.8, 4) is 11.4 Å². The average Bonchev–Trinajstić information content (AvgIpc) is 3.11. The van der Waals surface area contributed by atoms with Gasteiger partial charge < -0.3 is 5.32 Å². The van der Waals surface area contributed by atoms with E-state index < -0.39 is 0 Å². The third-order valence-electron chi connectivity index (χ3n) is 2.70. The number of nitrogens with zero attached hydrogens (tertiary/aromatic N) is 4. The molecular formula is C12H11N7O. The Morgan fingerprint density at radius 3 is 2.60 bits per heavy atom. The van der Waals surface area contributed by atoms with Crippen molar-refractivity contribution in [2.24, 2.45) is 0 Å². The number of carbonyl (C=O) groups excluding carboxylic acids is 1. The summed E-state index contributed by atoms with van der Waals surface area (Å²) < 4.78 is 0. The minimum atomic E-state index is -0.226. The number of amides is 1. The first-order valence-corrected chi connectivity index (χ1v) is 5.89. The molecule has 0 spiro atoms. The van der Waals surface area contributed by atoms with E-state index in [2.05, 4.69) is 36.1 Å². The van der Waals surface area contributed by atoms with Gasteiger partial charge in [-0.25, -0.2) is 0 Å². The Labute approximate surface area is 113 Å². The van der Waals surface area contributed by atoms with Gasteiger partial charge in [0.25, 0.3) is 5.91 Å². The molecule has 0 saturated heterocycles. The third kappa shape index (κ3) is 2.39. The number of benzene rings is 1. The number of aromatic amines is 2. The molecule has 100 valence electrons. The maximum absolute atomic E-state index is 12.0. The molecule has 0 radical (unpaired) electrons. The molecule has 0 atom stereocenters. The zero-order chi connectivity index (χ0) is 13.9. The number of nitrogens with one attached hydrogen (secondary N) is 3. The van der Waals surface area contributed by atoms with Gasteiger partial charge in [0.15, 0.2) is 5.82 Å². The van der Waals surface area contributed by atoms with Crippen molar-refractivity contribution >= 4 is 11.7 Å². The fourth-order valence-corrected chi connectivity index (χ4v) is 1.73. The van der Waals surface area contributed by atoms with Gasteiger partial charge in [0.1, 0.15) is 0 Å². The van der Waals surface area contributed by atoms with E-state index in [0.29, 0.717) is 17.2 Å². The van der Waals surface area contributed by atoms with E-state index in [1.165, 1.54) is 0 Å². The molecule has 3 N–H and O–H groups in total. The number of aromatic nitrogens is 6. The minimum absolute atomic E-state index is 0.226. The molecular weight excluding hydrogens is 258 g/mol. The number of rotatable bonds is 3. The molecule has 3 aromatic rings. The van der Waals surface area contributed by atoms with Gasteiger partial charge in [-0.2, -0.15) is 10.3 Å². The number of tetrazole rings is 1. The predicted octanol–water partition coefficient (Wildman–Crippen LogP) is 1.15. The summed E-state index contributed by atoms with van der Waals surface area (Å²) in [4.78, 5) is 12.0. The monoisotopic (exact) mass is 269 g/mol. The summed E-state index contributed by atoms with van der Waals surface area (Å²) in [6.07, 6.45) is 0. The quantitative estimate of drug-likeness (QED) is 0.660. The van der Waals surface area contributed by atoms with Crippen LogP contribution in [0.5, 0.6) is 0 Å². The molecule has 0 fully saturated rings. The lowest BCUT2D eigenvalue weighted by molar-refractivity contribution is 0.102. The van der Waals surface area contributed by atoms with Crippen molar-refractivity contribution < 1.29 is 4.79 Å². The van der Waals surface area contributed by atoms with Crippen LogP contribution in [0.25, 0.3) is 11.4 Å². The van der Waals surface area contributed by atoms with Crippen LogP contribution in [0.15, 0.2) is 30.3 Å². The highest BCUT2D eigenvalue weighted by atomic mass is 16.1. The summed E-state index contributed by atoms with van der Waals surface area (Å²) in [6.45, 7) is 1.86. The van der Waals surface area contributed by atoms with Crippen LogP contribution in [0.4, 0.5) is 5.82 Å². The second kappa shape index (κ2) is 4.92. The van der Waals surface area contributed by atoms with E-state index >= 15 is 0 Å². The molecule has 0 aliphatic rings. The van der Waals surface area contributed by atoms with E-state index in [-0.39, 0.29) is 5.91 Å². The number of hydrogen-bond acceptors (Lipinski definition) is 5. The van der Waals surface area contributed by atoms with Gasteiger partial charge in [-0.15, -0.1) is 10.2 Å². The Bertz CT molecular complexity index is 715. The molecule has 0 aliphatic heterocycles. The SMILES string of the molecule is Cc1cc(NC(=O)c2ccc(-c3nn[nH]n3)cc2)n[nH]1. The molecule has 0 bridgehead atoms. The van der Waals surface area contributed by atoms with Crippen LogP contribution in [0.3, 0.4) is 0 Å². The Morgan fingerprint density at radius 2 is 2.00 bits per heavy atom. The molecule has 1 aromatic carbocycles. The molecule has 8 heteroatoms. The minimum Gasteiger partial charge on any atom is -0.305 e. The maximum Gasteiger partial charge on any atom is 0.256 e. The zero-order valence-electron chi connectivity index (χ0n) is 10.6. The Hall–Kier alpha value is -3.03. The molecule has 0 aliphatic carbocycles. The second-order valence-electron chi connectivity index (χ2n) is 4.20. The zero-order valence-corrected chi connectivity index (χ0v) is 10.6. The van der Waals surface area contributed by atoms with Crippen molar-refractivity contribution in [3.63, 3.8) is 0 Å². The van der Waals surface area contributed by atoms with Crippen molar-refractivity contribution in [1.82, 2.24) is 30.8 Å². The van der Waals surface area contributed by atoms with Crippen LogP contribution in [0.2, 0.25) is 0 Å². The molecule has 3 rings (SSSR count). The smallest absolute Gasteiger partial charge is 0.256 e. The third-order valence-corrected chi connectivity index (χ3v) is 2.70. The summed E-state index contributed by atoms with van der Waals surface area (Å²) in [5.41, 5.74) is 2.19. The van der Waals surface area contributed by atoms with E-state index in [1.807, 2.05) is 6.92 Å². The molecule has 2 heterocycles. The maximum atomic E-state index is 12.0. The topological polar surface area (TPSA) is 112 Å². The number of aryl methyl sites for hydroxylation is 1. The average molecular weight is 269 g/mol. The number of carbonyl (C=O) groups is 1. The number of anilines is 1. The lowest BCUT2D eigenvalue weighted by Crippen LogP contribution is -2.11. The summed E-state index contributed by atoms with van der Waals surface area (Å²) >= 11 is 0. The van der Waals surface area contributed by atoms with Crippen molar-refractivity contribution in [3.05, 3.63) is 41.6 Å². The Kier molecular flexibility index (Phi) is 2.96. The summed E-state index contributed by atoms with van der Waals surface area (Å²) in [6, 6.07) is 8.66. The summed E-state index contributed by atoms with van der Waals surface area (Å²) in [5, 5.41) is 23.0. The van der Waals surface area contributed by atoms with Crippen molar-refractivity contribution in [2.75, 3.05) is 5.32 Å². The molecule has 0 saturated carbocycles. The highest BCUT2D eigenvalue weighted by Crippen LogP contribution is 2.15. The van der Waals surface area contributed by atoms with Crippen LogP contribution < -0.4 is 5.32 Å². The fourth-order valence-electron chi connectivity index (χ4n) is 1.73. The molecule has 8 nitrogen and oxygen atoms in total. The van der Waals surface area contributed by atoms with Crippen molar-refractivity contribution in [1.29, 1.82) is 0 Å². The lowest BCUT2D eigenvalue weighted by Gasteiger charge is -2.02. The van der Waals surface area contributed by atoms with Gasteiger partial charge in [0.05, 0.1) is 0 Å². The molecule has 20 heavy (non-hydrogen) atoms. The van der Waals surface area contributed by atoms with Gasteiger partial charge >= 0.3 is 0 Å². The van der Waals surface area contributed by atoms with E-state index in [0.717, 1.165) is 11.3 Å². The van der Waals surface area contributed by atoms with Crippen LogP contribution >= 0.6 is 0 Å². The Balaban J connectivity index is 1.75. The first-order chi connectivity index (χ1) is 9.72. The highest BCUT2D eigenvalue weighted by Gasteiger charge is 2.09. The normalized spacial score (nSPS) is 10.4. The van der Waals surface area contributed by atoms with Crippen molar-refractivity contribution in [2.45, 2.75) is 6.92 Å². The first kappa shape index (κ1) is 12.0. The van der Waals surface area contributed by atoms with Gasteiger partial charge in [0, 0.05) is 22.9 Å². The highest BCUT2D eigenvalue weighted by molar-refractivity contribution is 6.03. The number of hydrogen-bond donors (Lipinski definition) is 3. The number of H-pyrrole nitrogens is 2. The second-order valence-corrected chi connectivity index (χ2v) is 4.20. The molecule has 0 unspecified atom stereocenters. The van der Waals surface area contributed by atoms with Gasteiger partial charge in [-0.1, -0.05) is 12.1 Å². The lowest BCUT2D eigenvalue weighted by atomic mass is 10.1. The predicted molar refractivity (Wildman–Crippen MR) is 70.9 cm³/mol. The summed E-state index contributed by atoms with van der Waals surface area (Å²) in [5.74, 6) is 0.755. The Morgan fingerprint density at radius 1 is 1.20 bits per heavy atom. The largest absolute Gasteiger partial charge is 0.305 e. The van der Waals surface area contributed by atoms with E-state index in [4.69, 9.17) is 0 Å². The van der Waals surface area contributed by atoms with E-state index in [1.54, 1.807) is 30.3 Å².